The molecule has 5 heteroatoms. The fourth-order valence-electron chi connectivity index (χ4n) is 1.69. The van der Waals surface area contributed by atoms with Crippen molar-refractivity contribution in [3.05, 3.63) is 34.5 Å². The van der Waals surface area contributed by atoms with Crippen molar-refractivity contribution in [3.8, 4) is 0 Å². The Hall–Kier alpha value is -1.49. The summed E-state index contributed by atoms with van der Waals surface area (Å²) in [5.74, 6) is 0.929. The van der Waals surface area contributed by atoms with Gasteiger partial charge in [0.1, 0.15) is 17.9 Å². The Kier molecular flexibility index (Phi) is 3.68. The highest BCUT2D eigenvalue weighted by Gasteiger charge is 2.12. The van der Waals surface area contributed by atoms with Crippen molar-refractivity contribution in [2.45, 2.75) is 32.7 Å². The molecule has 0 aliphatic rings. The maximum absolute atomic E-state index is 11.9. The van der Waals surface area contributed by atoms with Crippen molar-refractivity contribution in [1.29, 1.82) is 0 Å². The third-order valence-electron chi connectivity index (χ3n) is 2.47. The number of ketones is 1. The van der Waals surface area contributed by atoms with E-state index in [4.69, 9.17) is 0 Å². The van der Waals surface area contributed by atoms with E-state index in [0.717, 1.165) is 11.4 Å². The number of thiophene rings is 1. The molecular formula is C12H15N3OS. The van der Waals surface area contributed by atoms with Gasteiger partial charge in [-0.3, -0.25) is 4.79 Å². The lowest BCUT2D eigenvalue weighted by Gasteiger charge is -2.08. The van der Waals surface area contributed by atoms with E-state index in [0.29, 0.717) is 12.8 Å². The fraction of sp³-hybridized carbons (Fsp3) is 0.417. The van der Waals surface area contributed by atoms with Crippen molar-refractivity contribution in [1.82, 2.24) is 14.8 Å². The van der Waals surface area contributed by atoms with E-state index < -0.39 is 0 Å². The lowest BCUT2D eigenvalue weighted by molar-refractivity contribution is -0.117. The van der Waals surface area contributed by atoms with E-state index in [1.54, 1.807) is 16.0 Å². The van der Waals surface area contributed by atoms with Crippen molar-refractivity contribution in [2.75, 3.05) is 0 Å². The molecule has 0 fully saturated rings. The second kappa shape index (κ2) is 5.23. The molecule has 17 heavy (non-hydrogen) atoms. The zero-order chi connectivity index (χ0) is 12.3. The molecule has 90 valence electrons. The minimum absolute atomic E-state index is 0.179. The highest BCUT2D eigenvalue weighted by molar-refractivity contribution is 7.07. The summed E-state index contributed by atoms with van der Waals surface area (Å²) in [7, 11) is 0. The molecule has 2 aromatic rings. The molecule has 0 aliphatic carbocycles. The highest BCUT2D eigenvalue weighted by Crippen LogP contribution is 2.10. The maximum Gasteiger partial charge on any atom is 0.144 e. The number of aromatic nitrogens is 3. The van der Waals surface area contributed by atoms with Gasteiger partial charge in [-0.1, -0.05) is 0 Å². The Morgan fingerprint density at radius 1 is 1.47 bits per heavy atom. The van der Waals surface area contributed by atoms with Crippen LogP contribution < -0.4 is 0 Å². The van der Waals surface area contributed by atoms with Crippen LogP contribution >= 0.6 is 11.3 Å². The first kappa shape index (κ1) is 12.0. The molecule has 0 aliphatic heterocycles. The minimum Gasteiger partial charge on any atom is -0.299 e. The number of hydrogen-bond acceptors (Lipinski definition) is 4. The van der Waals surface area contributed by atoms with Crippen LogP contribution in [0.25, 0.3) is 0 Å². The number of rotatable bonds is 5. The SMILES string of the molecule is CC(C)n1ncnc1CC(=O)Cc1ccsc1. The second-order valence-corrected chi connectivity index (χ2v) is 5.02. The Balaban J connectivity index is 2.01. The van der Waals surface area contributed by atoms with Gasteiger partial charge in [0.05, 0.1) is 6.42 Å². The topological polar surface area (TPSA) is 47.8 Å². The Bertz CT molecular complexity index is 488. The molecule has 0 aromatic carbocycles. The summed E-state index contributed by atoms with van der Waals surface area (Å²) >= 11 is 1.61. The molecule has 0 radical (unpaired) electrons. The summed E-state index contributed by atoms with van der Waals surface area (Å²) in [5.41, 5.74) is 1.08. The van der Waals surface area contributed by atoms with Gasteiger partial charge in [-0.25, -0.2) is 9.67 Å². The molecule has 0 saturated heterocycles. The first-order valence-electron chi connectivity index (χ1n) is 5.58. The summed E-state index contributed by atoms with van der Waals surface area (Å²) in [4.78, 5) is 16.0. The normalized spacial score (nSPS) is 11.0. The number of Topliss-reactive ketones (excluding diaryl/α,β-unsaturated/α-hetero) is 1. The zero-order valence-electron chi connectivity index (χ0n) is 9.96. The van der Waals surface area contributed by atoms with Gasteiger partial charge in [-0.15, -0.1) is 0 Å². The lowest BCUT2D eigenvalue weighted by Crippen LogP contribution is -2.14. The molecule has 0 amide bonds. The van der Waals surface area contributed by atoms with Gasteiger partial charge in [0.2, 0.25) is 0 Å². The Labute approximate surface area is 104 Å². The van der Waals surface area contributed by atoms with Crippen molar-refractivity contribution in [2.24, 2.45) is 0 Å². The predicted molar refractivity (Wildman–Crippen MR) is 67.1 cm³/mol. The molecule has 0 saturated carbocycles. The first-order valence-corrected chi connectivity index (χ1v) is 6.52. The molecular weight excluding hydrogens is 234 g/mol. The monoisotopic (exact) mass is 249 g/mol. The summed E-state index contributed by atoms with van der Waals surface area (Å²) in [6.07, 6.45) is 2.34. The van der Waals surface area contributed by atoms with Gasteiger partial charge < -0.3 is 0 Å². The average molecular weight is 249 g/mol. The highest BCUT2D eigenvalue weighted by atomic mass is 32.1. The molecule has 0 unspecified atom stereocenters. The zero-order valence-corrected chi connectivity index (χ0v) is 10.8. The van der Waals surface area contributed by atoms with Crippen molar-refractivity contribution in [3.63, 3.8) is 0 Å². The van der Waals surface area contributed by atoms with Gasteiger partial charge in [-0.2, -0.15) is 16.4 Å². The van der Waals surface area contributed by atoms with E-state index in [1.165, 1.54) is 6.33 Å². The summed E-state index contributed by atoms with van der Waals surface area (Å²) in [6, 6.07) is 2.22. The minimum atomic E-state index is 0.179. The van der Waals surface area contributed by atoms with Crippen LogP contribution in [0.2, 0.25) is 0 Å². The van der Waals surface area contributed by atoms with Gasteiger partial charge in [0.25, 0.3) is 0 Å². The Morgan fingerprint density at radius 2 is 2.29 bits per heavy atom. The molecule has 0 N–H and O–H groups in total. The molecule has 2 heterocycles. The summed E-state index contributed by atoms with van der Waals surface area (Å²) in [6.45, 7) is 4.06. The summed E-state index contributed by atoms with van der Waals surface area (Å²) in [5, 5.41) is 8.11. The van der Waals surface area contributed by atoms with E-state index in [9.17, 15) is 4.79 Å². The number of nitrogens with zero attached hydrogens (tertiary/aromatic N) is 3. The molecule has 4 nitrogen and oxygen atoms in total. The van der Waals surface area contributed by atoms with Gasteiger partial charge in [0.15, 0.2) is 0 Å². The van der Waals surface area contributed by atoms with E-state index in [1.807, 2.05) is 30.7 Å². The van der Waals surface area contributed by atoms with Gasteiger partial charge >= 0.3 is 0 Å². The molecule has 0 atom stereocenters. The van der Waals surface area contributed by atoms with Gasteiger partial charge in [-0.05, 0) is 36.2 Å². The van der Waals surface area contributed by atoms with E-state index in [-0.39, 0.29) is 11.8 Å². The van der Waals surface area contributed by atoms with Crippen LogP contribution in [0.4, 0.5) is 0 Å². The number of carbonyl (C=O) groups is 1. The largest absolute Gasteiger partial charge is 0.299 e. The predicted octanol–water partition coefficient (Wildman–Crippen LogP) is 2.27. The van der Waals surface area contributed by atoms with Crippen LogP contribution in [-0.4, -0.2) is 20.5 Å². The van der Waals surface area contributed by atoms with Crippen LogP contribution in [0.5, 0.6) is 0 Å². The maximum atomic E-state index is 11.9. The van der Waals surface area contributed by atoms with Crippen molar-refractivity contribution >= 4 is 17.1 Å². The standard InChI is InChI=1S/C12H15N3OS/c1-9(2)15-12(13-8-14-15)6-11(16)5-10-3-4-17-7-10/h3-4,7-9H,5-6H2,1-2H3. The van der Waals surface area contributed by atoms with Crippen LogP contribution in [0.3, 0.4) is 0 Å². The third kappa shape index (κ3) is 3.00. The van der Waals surface area contributed by atoms with Crippen LogP contribution in [-0.2, 0) is 17.6 Å². The lowest BCUT2D eigenvalue weighted by atomic mass is 10.1. The van der Waals surface area contributed by atoms with Crippen LogP contribution in [0, 0.1) is 0 Å². The second-order valence-electron chi connectivity index (χ2n) is 4.24. The molecule has 2 aromatic heterocycles. The van der Waals surface area contributed by atoms with Crippen molar-refractivity contribution < 1.29 is 4.79 Å². The smallest absolute Gasteiger partial charge is 0.144 e. The van der Waals surface area contributed by atoms with Crippen LogP contribution in [0.15, 0.2) is 23.2 Å². The van der Waals surface area contributed by atoms with E-state index >= 15 is 0 Å². The molecule has 0 bridgehead atoms. The third-order valence-corrected chi connectivity index (χ3v) is 3.21. The molecule has 0 spiro atoms. The van der Waals surface area contributed by atoms with Gasteiger partial charge in [0, 0.05) is 12.5 Å². The molecule has 2 rings (SSSR count). The number of carbonyl (C=O) groups excluding carboxylic acids is 1. The van der Waals surface area contributed by atoms with E-state index in [2.05, 4.69) is 10.1 Å². The summed E-state index contributed by atoms with van der Waals surface area (Å²) < 4.78 is 1.80. The first-order chi connectivity index (χ1) is 8.16. The average Bonchev–Trinajstić information content (AvgIpc) is 2.88. The quantitative estimate of drug-likeness (QED) is 0.816. The van der Waals surface area contributed by atoms with Crippen LogP contribution in [0.1, 0.15) is 31.3 Å². The number of hydrogen-bond donors (Lipinski definition) is 0. The fourth-order valence-corrected chi connectivity index (χ4v) is 2.36. The Morgan fingerprint density at radius 3 is 2.94 bits per heavy atom.